The van der Waals surface area contributed by atoms with E-state index in [1.165, 1.54) is 18.4 Å². The summed E-state index contributed by atoms with van der Waals surface area (Å²) in [5.74, 6) is 0. The van der Waals surface area contributed by atoms with Crippen LogP contribution >= 0.6 is 0 Å². The summed E-state index contributed by atoms with van der Waals surface area (Å²) in [5.41, 5.74) is 1.30. The number of carbonyl (C=O) groups is 1. The molecule has 0 atom stereocenters. The number of nitrogens with one attached hydrogen (secondary N) is 1. The van der Waals surface area contributed by atoms with Crippen molar-refractivity contribution in [3.05, 3.63) is 35.9 Å². The van der Waals surface area contributed by atoms with Gasteiger partial charge in [-0.05, 0) is 18.5 Å². The third kappa shape index (κ3) is 9.41. The Balaban J connectivity index is 0.000000487. The van der Waals surface area contributed by atoms with Crippen molar-refractivity contribution in [1.82, 2.24) is 5.32 Å². The fourth-order valence-electron chi connectivity index (χ4n) is 1.04. The molecule has 0 spiro atoms. The summed E-state index contributed by atoms with van der Waals surface area (Å²) in [4.78, 5) is 9.95. The van der Waals surface area contributed by atoms with Gasteiger partial charge in [0.2, 0.25) is 0 Å². The molecule has 0 fully saturated rings. The van der Waals surface area contributed by atoms with E-state index in [0.29, 0.717) is 6.54 Å². The van der Waals surface area contributed by atoms with Crippen LogP contribution in [0.5, 0.6) is 0 Å². The molecule has 1 aromatic rings. The van der Waals surface area contributed by atoms with Gasteiger partial charge in [-0.25, -0.2) is 0 Å². The number of aldehydes is 1. The molecule has 0 heterocycles. The first-order valence-electron chi connectivity index (χ1n) is 6.03. The Morgan fingerprint density at radius 3 is 2.25 bits per heavy atom. The van der Waals surface area contributed by atoms with Gasteiger partial charge in [0.15, 0.2) is 0 Å². The molecule has 0 unspecified atom stereocenters. The molecule has 2 heteroatoms. The highest BCUT2D eigenvalue weighted by Crippen LogP contribution is 1.97. The summed E-state index contributed by atoms with van der Waals surface area (Å²) in [5, 5.41) is 3.02. The highest BCUT2D eigenvalue weighted by Gasteiger charge is 1.89. The van der Waals surface area contributed by atoms with E-state index in [1.807, 2.05) is 18.2 Å². The molecule has 0 aromatic heterocycles. The largest absolute Gasteiger partial charge is 0.310 e. The van der Waals surface area contributed by atoms with Crippen LogP contribution in [-0.4, -0.2) is 19.4 Å². The van der Waals surface area contributed by atoms with Crippen LogP contribution < -0.4 is 5.32 Å². The minimum atomic E-state index is 0.451. The second-order valence-corrected chi connectivity index (χ2v) is 3.61. The molecular weight excluding hydrogens is 198 g/mol. The van der Waals surface area contributed by atoms with Crippen LogP contribution in [0.25, 0.3) is 0 Å². The number of hydrogen-bond donors (Lipinski definition) is 1. The molecule has 1 aromatic carbocycles. The van der Waals surface area contributed by atoms with Gasteiger partial charge in [-0.2, -0.15) is 0 Å². The van der Waals surface area contributed by atoms with Gasteiger partial charge in [-0.3, -0.25) is 0 Å². The molecular formula is C14H23NO. The molecule has 0 aliphatic heterocycles. The Bertz CT molecular complexity index is 244. The van der Waals surface area contributed by atoms with E-state index in [0.717, 1.165) is 19.3 Å². The van der Waals surface area contributed by atoms with Gasteiger partial charge in [-0.1, -0.05) is 57.0 Å². The van der Waals surface area contributed by atoms with Gasteiger partial charge in [0.25, 0.3) is 0 Å². The Hall–Kier alpha value is -1.15. The third-order valence-corrected chi connectivity index (χ3v) is 2.16. The molecule has 90 valence electrons. The highest BCUT2D eigenvalue weighted by molar-refractivity contribution is 5.51. The first-order chi connectivity index (χ1) is 7.85. The minimum absolute atomic E-state index is 0.451. The number of benzene rings is 1. The SMILES string of the molecule is CCCC.O=CCNCCc1ccccc1. The van der Waals surface area contributed by atoms with E-state index in [1.54, 1.807) is 0 Å². The molecule has 0 amide bonds. The summed E-state index contributed by atoms with van der Waals surface area (Å²) in [7, 11) is 0. The average Bonchev–Trinajstić information content (AvgIpc) is 2.36. The molecule has 2 nitrogen and oxygen atoms in total. The van der Waals surface area contributed by atoms with Crippen LogP contribution in [0, 0.1) is 0 Å². The maximum atomic E-state index is 9.95. The molecule has 0 aliphatic carbocycles. The molecule has 1 rings (SSSR count). The quantitative estimate of drug-likeness (QED) is 0.591. The fraction of sp³-hybridized carbons (Fsp3) is 0.500. The van der Waals surface area contributed by atoms with E-state index in [2.05, 4.69) is 31.3 Å². The van der Waals surface area contributed by atoms with Crippen LogP contribution in [0.15, 0.2) is 30.3 Å². The standard InChI is InChI=1S/C10H13NO.C4H10/c12-9-8-11-7-6-10-4-2-1-3-5-10;1-3-4-2/h1-5,9,11H,6-8H2;3-4H2,1-2H3. The van der Waals surface area contributed by atoms with Crippen LogP contribution in [0.1, 0.15) is 32.3 Å². The predicted molar refractivity (Wildman–Crippen MR) is 69.7 cm³/mol. The molecule has 16 heavy (non-hydrogen) atoms. The first-order valence-corrected chi connectivity index (χ1v) is 6.03. The van der Waals surface area contributed by atoms with E-state index in [4.69, 9.17) is 0 Å². The van der Waals surface area contributed by atoms with E-state index >= 15 is 0 Å². The van der Waals surface area contributed by atoms with Gasteiger partial charge in [0.05, 0.1) is 6.54 Å². The fourth-order valence-corrected chi connectivity index (χ4v) is 1.04. The van der Waals surface area contributed by atoms with Crippen molar-refractivity contribution in [3.63, 3.8) is 0 Å². The van der Waals surface area contributed by atoms with Crippen molar-refractivity contribution in [2.24, 2.45) is 0 Å². The lowest BCUT2D eigenvalue weighted by Crippen LogP contribution is -2.19. The highest BCUT2D eigenvalue weighted by atomic mass is 16.1. The second kappa shape index (κ2) is 11.9. The number of unbranched alkanes of at least 4 members (excludes halogenated alkanes) is 1. The van der Waals surface area contributed by atoms with Gasteiger partial charge in [0.1, 0.15) is 6.29 Å². The Morgan fingerprint density at radius 1 is 1.12 bits per heavy atom. The Labute approximate surface area is 99.1 Å². The second-order valence-electron chi connectivity index (χ2n) is 3.61. The lowest BCUT2D eigenvalue weighted by molar-refractivity contribution is -0.107. The normalized spacial score (nSPS) is 9.12. The van der Waals surface area contributed by atoms with Gasteiger partial charge in [-0.15, -0.1) is 0 Å². The van der Waals surface area contributed by atoms with Gasteiger partial charge >= 0.3 is 0 Å². The van der Waals surface area contributed by atoms with Crippen molar-refractivity contribution in [2.75, 3.05) is 13.1 Å². The van der Waals surface area contributed by atoms with Crippen LogP contribution in [0.4, 0.5) is 0 Å². The van der Waals surface area contributed by atoms with Crippen molar-refractivity contribution in [1.29, 1.82) is 0 Å². The van der Waals surface area contributed by atoms with Crippen LogP contribution in [0.3, 0.4) is 0 Å². The zero-order valence-electron chi connectivity index (χ0n) is 10.4. The Kier molecular flexibility index (Phi) is 11.1. The average molecular weight is 221 g/mol. The van der Waals surface area contributed by atoms with Crippen molar-refractivity contribution in [2.45, 2.75) is 33.1 Å². The molecule has 0 aliphatic rings. The zero-order valence-corrected chi connectivity index (χ0v) is 10.4. The molecule has 0 saturated carbocycles. The van der Waals surface area contributed by atoms with Crippen molar-refractivity contribution < 1.29 is 4.79 Å². The van der Waals surface area contributed by atoms with Crippen LogP contribution in [0.2, 0.25) is 0 Å². The van der Waals surface area contributed by atoms with Crippen molar-refractivity contribution >= 4 is 6.29 Å². The van der Waals surface area contributed by atoms with E-state index < -0.39 is 0 Å². The van der Waals surface area contributed by atoms with Crippen molar-refractivity contribution in [3.8, 4) is 0 Å². The smallest absolute Gasteiger partial charge is 0.133 e. The minimum Gasteiger partial charge on any atom is -0.310 e. The van der Waals surface area contributed by atoms with E-state index in [-0.39, 0.29) is 0 Å². The Morgan fingerprint density at radius 2 is 1.75 bits per heavy atom. The summed E-state index contributed by atoms with van der Waals surface area (Å²) in [6.07, 6.45) is 4.50. The summed E-state index contributed by atoms with van der Waals surface area (Å²) in [6.45, 7) is 5.68. The third-order valence-electron chi connectivity index (χ3n) is 2.16. The number of rotatable bonds is 6. The maximum Gasteiger partial charge on any atom is 0.133 e. The topological polar surface area (TPSA) is 29.1 Å². The van der Waals surface area contributed by atoms with Gasteiger partial charge in [0, 0.05) is 0 Å². The molecule has 0 radical (unpaired) electrons. The number of carbonyl (C=O) groups excluding carboxylic acids is 1. The van der Waals surface area contributed by atoms with Crippen LogP contribution in [-0.2, 0) is 11.2 Å². The first kappa shape index (κ1) is 14.8. The lowest BCUT2D eigenvalue weighted by atomic mass is 10.1. The predicted octanol–water partition coefficient (Wildman–Crippen LogP) is 2.82. The zero-order chi connectivity index (χ0) is 12.1. The molecule has 0 saturated heterocycles. The van der Waals surface area contributed by atoms with Gasteiger partial charge < -0.3 is 10.1 Å². The molecule has 1 N–H and O–H groups in total. The summed E-state index contributed by atoms with van der Waals surface area (Å²) >= 11 is 0. The summed E-state index contributed by atoms with van der Waals surface area (Å²) in [6, 6.07) is 10.2. The monoisotopic (exact) mass is 221 g/mol. The maximum absolute atomic E-state index is 9.95. The summed E-state index contributed by atoms with van der Waals surface area (Å²) < 4.78 is 0. The number of hydrogen-bond acceptors (Lipinski definition) is 2. The molecule has 0 bridgehead atoms. The lowest BCUT2D eigenvalue weighted by Gasteiger charge is -2.00. The van der Waals surface area contributed by atoms with E-state index in [9.17, 15) is 4.79 Å².